The van der Waals surface area contributed by atoms with Crippen molar-refractivity contribution in [3.63, 3.8) is 0 Å². The molecule has 1 aliphatic carbocycles. The van der Waals surface area contributed by atoms with Crippen molar-refractivity contribution in [1.82, 2.24) is 19.9 Å². The number of carbonyl (C=O) groups excluding carboxylic acids is 1. The fourth-order valence-corrected chi connectivity index (χ4v) is 4.30. The number of pyridine rings is 1. The van der Waals surface area contributed by atoms with Gasteiger partial charge in [0.1, 0.15) is 11.7 Å². The van der Waals surface area contributed by atoms with Crippen LogP contribution in [0.25, 0.3) is 0 Å². The first-order chi connectivity index (χ1) is 16.4. The van der Waals surface area contributed by atoms with Crippen molar-refractivity contribution in [3.8, 4) is 0 Å². The van der Waals surface area contributed by atoms with Crippen LogP contribution in [0.5, 0.6) is 0 Å². The summed E-state index contributed by atoms with van der Waals surface area (Å²) < 4.78 is 83.0. The van der Waals surface area contributed by atoms with Crippen LogP contribution in [-0.2, 0) is 17.1 Å². The zero-order valence-corrected chi connectivity index (χ0v) is 18.2. The Labute approximate surface area is 194 Å². The van der Waals surface area contributed by atoms with Crippen molar-refractivity contribution in [2.75, 3.05) is 31.1 Å². The minimum Gasteiger partial charge on any atom is -0.445 e. The standard InChI is InChI=1S/C21H21F6N5O3/c22-20(23,24)13-10-29-18(30-11-13)31-4-6-32(7-5-31)19(34)35-16-3-1-2-14(16)12-8-15(21(25,26)27)17(33)28-9-12/h8-11,14,16H,1-7H2,(H,28,33)/t14-,16+/m0/s1. The third-order valence-electron chi connectivity index (χ3n) is 6.15. The first-order valence-electron chi connectivity index (χ1n) is 10.8. The van der Waals surface area contributed by atoms with Crippen LogP contribution in [0.4, 0.5) is 37.1 Å². The molecule has 190 valence electrons. The number of ether oxygens (including phenoxy) is 1. The molecule has 14 heteroatoms. The van der Waals surface area contributed by atoms with E-state index >= 15 is 0 Å². The smallest absolute Gasteiger partial charge is 0.421 e. The molecule has 1 saturated carbocycles. The number of aromatic nitrogens is 3. The summed E-state index contributed by atoms with van der Waals surface area (Å²) in [5.74, 6) is -0.376. The highest BCUT2D eigenvalue weighted by Gasteiger charge is 2.38. The third-order valence-corrected chi connectivity index (χ3v) is 6.15. The molecule has 3 heterocycles. The number of halogens is 6. The Bertz CT molecular complexity index is 1110. The van der Waals surface area contributed by atoms with E-state index < -0.39 is 47.2 Å². The van der Waals surface area contributed by atoms with E-state index in [4.69, 9.17) is 4.74 Å². The number of rotatable bonds is 3. The number of nitrogens with zero attached hydrogens (tertiary/aromatic N) is 4. The van der Waals surface area contributed by atoms with Gasteiger partial charge in [-0.3, -0.25) is 4.79 Å². The van der Waals surface area contributed by atoms with Gasteiger partial charge in [-0.05, 0) is 30.9 Å². The number of H-pyrrole nitrogens is 1. The summed E-state index contributed by atoms with van der Waals surface area (Å²) in [4.78, 5) is 36.9. The maximum absolute atomic E-state index is 13.1. The Balaban J connectivity index is 1.36. The van der Waals surface area contributed by atoms with Crippen LogP contribution < -0.4 is 10.5 Å². The fourth-order valence-electron chi connectivity index (χ4n) is 4.30. The number of hydrogen-bond acceptors (Lipinski definition) is 6. The first kappa shape index (κ1) is 24.8. The Morgan fingerprint density at radius 2 is 1.66 bits per heavy atom. The van der Waals surface area contributed by atoms with Gasteiger partial charge in [0.15, 0.2) is 0 Å². The highest BCUT2D eigenvalue weighted by Crippen LogP contribution is 2.38. The number of anilines is 1. The minimum atomic E-state index is -4.80. The van der Waals surface area contributed by atoms with Gasteiger partial charge in [0.25, 0.3) is 5.56 Å². The summed E-state index contributed by atoms with van der Waals surface area (Å²) in [6.07, 6.45) is -6.39. The molecule has 2 atom stereocenters. The number of hydrogen-bond donors (Lipinski definition) is 1. The summed E-state index contributed by atoms with van der Waals surface area (Å²) in [6.45, 7) is 0.946. The quantitative estimate of drug-likeness (QED) is 0.639. The van der Waals surface area contributed by atoms with Crippen LogP contribution >= 0.6 is 0 Å². The first-order valence-corrected chi connectivity index (χ1v) is 10.8. The van der Waals surface area contributed by atoms with Gasteiger partial charge in [-0.2, -0.15) is 26.3 Å². The van der Waals surface area contributed by atoms with E-state index in [1.54, 1.807) is 4.90 Å². The molecule has 1 N–H and O–H groups in total. The summed E-state index contributed by atoms with van der Waals surface area (Å²) in [6, 6.07) is 0.804. The summed E-state index contributed by atoms with van der Waals surface area (Å²) >= 11 is 0. The highest BCUT2D eigenvalue weighted by atomic mass is 19.4. The van der Waals surface area contributed by atoms with Gasteiger partial charge in [-0.15, -0.1) is 0 Å². The normalized spacial score (nSPS) is 21.3. The van der Waals surface area contributed by atoms with Crippen molar-refractivity contribution in [2.45, 2.75) is 43.6 Å². The maximum atomic E-state index is 13.1. The molecule has 0 aromatic carbocycles. The van der Waals surface area contributed by atoms with Crippen LogP contribution in [0.15, 0.2) is 29.5 Å². The van der Waals surface area contributed by atoms with E-state index in [2.05, 4.69) is 15.0 Å². The number of aromatic amines is 1. The second-order valence-electron chi connectivity index (χ2n) is 8.38. The molecule has 4 rings (SSSR count). The molecule has 2 fully saturated rings. The molecule has 2 aromatic heterocycles. The van der Waals surface area contributed by atoms with Gasteiger partial charge in [-0.25, -0.2) is 14.8 Å². The molecule has 35 heavy (non-hydrogen) atoms. The van der Waals surface area contributed by atoms with Crippen molar-refractivity contribution in [3.05, 3.63) is 51.7 Å². The zero-order valence-electron chi connectivity index (χ0n) is 18.2. The van der Waals surface area contributed by atoms with Crippen LogP contribution in [0.1, 0.15) is 41.9 Å². The minimum absolute atomic E-state index is 0.111. The van der Waals surface area contributed by atoms with E-state index in [1.807, 2.05) is 0 Å². The molecule has 8 nitrogen and oxygen atoms in total. The van der Waals surface area contributed by atoms with E-state index in [9.17, 15) is 35.9 Å². The fraction of sp³-hybridized carbons (Fsp3) is 0.524. The second kappa shape index (κ2) is 9.38. The van der Waals surface area contributed by atoms with Gasteiger partial charge < -0.3 is 19.5 Å². The lowest BCUT2D eigenvalue weighted by Gasteiger charge is -2.35. The molecule has 1 amide bonds. The predicted octanol–water partition coefficient (Wildman–Crippen LogP) is 3.80. The highest BCUT2D eigenvalue weighted by molar-refractivity contribution is 5.68. The Hall–Kier alpha value is -3.32. The van der Waals surface area contributed by atoms with Crippen LogP contribution in [0.3, 0.4) is 0 Å². The SMILES string of the molecule is O=C(O[C@@H]1CCC[C@H]1c1c[nH]c(=O)c(C(F)(F)F)c1)N1CCN(c2ncc(C(F)(F)F)cn2)CC1. The molecular formula is C21H21F6N5O3. The molecular weight excluding hydrogens is 484 g/mol. The average Bonchev–Trinajstić information content (AvgIpc) is 3.26. The van der Waals surface area contributed by atoms with Crippen molar-refractivity contribution in [2.24, 2.45) is 0 Å². The monoisotopic (exact) mass is 505 g/mol. The lowest BCUT2D eigenvalue weighted by atomic mass is 9.96. The maximum Gasteiger partial charge on any atom is 0.421 e. The molecule has 0 radical (unpaired) electrons. The van der Waals surface area contributed by atoms with Gasteiger partial charge >= 0.3 is 18.4 Å². The molecule has 1 saturated heterocycles. The van der Waals surface area contributed by atoms with Gasteiger partial charge in [0, 0.05) is 50.7 Å². The second-order valence-corrected chi connectivity index (χ2v) is 8.38. The molecule has 0 spiro atoms. The van der Waals surface area contributed by atoms with E-state index in [1.165, 1.54) is 11.1 Å². The average molecular weight is 505 g/mol. The molecule has 0 unspecified atom stereocenters. The third kappa shape index (κ3) is 5.51. The van der Waals surface area contributed by atoms with E-state index in [0.29, 0.717) is 31.7 Å². The van der Waals surface area contributed by atoms with Gasteiger partial charge in [0.05, 0.1) is 5.56 Å². The van der Waals surface area contributed by atoms with Crippen molar-refractivity contribution in [1.29, 1.82) is 0 Å². The van der Waals surface area contributed by atoms with Crippen molar-refractivity contribution >= 4 is 12.0 Å². The van der Waals surface area contributed by atoms with E-state index in [-0.39, 0.29) is 37.7 Å². The predicted molar refractivity (Wildman–Crippen MR) is 110 cm³/mol. The van der Waals surface area contributed by atoms with E-state index in [0.717, 1.165) is 6.07 Å². The lowest BCUT2D eigenvalue weighted by molar-refractivity contribution is -0.139. The van der Waals surface area contributed by atoms with Gasteiger partial charge in [0.2, 0.25) is 5.95 Å². The molecule has 2 aliphatic rings. The van der Waals surface area contributed by atoms with Crippen LogP contribution in [0.2, 0.25) is 0 Å². The summed E-state index contributed by atoms with van der Waals surface area (Å²) in [7, 11) is 0. The Kier molecular flexibility index (Phi) is 6.64. The number of nitrogens with one attached hydrogen (secondary N) is 1. The van der Waals surface area contributed by atoms with Crippen molar-refractivity contribution < 1.29 is 35.9 Å². The largest absolute Gasteiger partial charge is 0.445 e. The molecule has 0 bridgehead atoms. The van der Waals surface area contributed by atoms with Gasteiger partial charge in [-0.1, -0.05) is 0 Å². The number of amides is 1. The molecule has 1 aliphatic heterocycles. The summed E-state index contributed by atoms with van der Waals surface area (Å²) in [5, 5.41) is 0. The Morgan fingerprint density at radius 1 is 1.00 bits per heavy atom. The topological polar surface area (TPSA) is 91.4 Å². The number of carbonyl (C=O) groups is 1. The Morgan fingerprint density at radius 3 is 2.26 bits per heavy atom. The van der Waals surface area contributed by atoms with Crippen LogP contribution in [0, 0.1) is 0 Å². The number of piperazine rings is 1. The summed E-state index contributed by atoms with van der Waals surface area (Å²) in [5.41, 5.74) is -3.24. The zero-order chi connectivity index (χ0) is 25.4. The number of alkyl halides is 6. The molecule has 2 aromatic rings. The lowest BCUT2D eigenvalue weighted by Crippen LogP contribution is -2.50. The van der Waals surface area contributed by atoms with Crippen LogP contribution in [-0.4, -0.2) is 58.2 Å².